The van der Waals surface area contributed by atoms with E-state index in [1.54, 1.807) is 42.7 Å². The van der Waals surface area contributed by atoms with Crippen LogP contribution in [0.15, 0.2) is 67.0 Å². The molecule has 0 spiro atoms. The minimum Gasteiger partial charge on any atom is -0.490 e. The molecule has 3 aromatic rings. The van der Waals surface area contributed by atoms with E-state index in [1.807, 2.05) is 43.3 Å². The first kappa shape index (κ1) is 18.7. The van der Waals surface area contributed by atoms with E-state index in [2.05, 4.69) is 4.98 Å². The van der Waals surface area contributed by atoms with Gasteiger partial charge in [0.25, 0.3) is 0 Å². The summed E-state index contributed by atoms with van der Waals surface area (Å²) in [5, 5.41) is 0.345. The molecule has 136 valence electrons. The number of ether oxygens (including phenoxy) is 2. The van der Waals surface area contributed by atoms with Crippen LogP contribution in [0.5, 0.6) is 11.5 Å². The van der Waals surface area contributed by atoms with E-state index in [4.69, 9.17) is 21.1 Å². The van der Waals surface area contributed by atoms with Gasteiger partial charge in [0, 0.05) is 12.4 Å². The van der Waals surface area contributed by atoms with Gasteiger partial charge < -0.3 is 9.47 Å². The average molecular weight is 380 g/mol. The molecule has 0 aliphatic heterocycles. The summed E-state index contributed by atoms with van der Waals surface area (Å²) in [6.07, 6.45) is 7.41. The first-order chi connectivity index (χ1) is 13.2. The summed E-state index contributed by atoms with van der Waals surface area (Å²) in [7, 11) is 0. The van der Waals surface area contributed by atoms with E-state index in [1.165, 1.54) is 0 Å². The van der Waals surface area contributed by atoms with E-state index in [0.717, 1.165) is 11.1 Å². The number of aromatic nitrogens is 1. The lowest BCUT2D eigenvalue weighted by Gasteiger charge is -2.12. The zero-order valence-corrected chi connectivity index (χ0v) is 15.5. The molecule has 0 fully saturated rings. The maximum atomic E-state index is 12.4. The predicted octanol–water partition coefficient (Wildman–Crippen LogP) is 5.52. The number of nitrogens with zero attached hydrogens (tertiary/aromatic N) is 1. The number of esters is 1. The maximum Gasteiger partial charge on any atom is 0.345 e. The molecule has 0 bridgehead atoms. The molecule has 5 heteroatoms. The molecule has 1 heterocycles. The van der Waals surface area contributed by atoms with Gasteiger partial charge in [0.15, 0.2) is 11.5 Å². The van der Waals surface area contributed by atoms with Crippen molar-refractivity contribution in [2.45, 2.75) is 6.92 Å². The largest absolute Gasteiger partial charge is 0.490 e. The van der Waals surface area contributed by atoms with Gasteiger partial charge in [-0.2, -0.15) is 0 Å². The highest BCUT2D eigenvalue weighted by Crippen LogP contribution is 2.30. The third-order valence-corrected chi connectivity index (χ3v) is 4.07. The Balaban J connectivity index is 1.82. The van der Waals surface area contributed by atoms with Crippen LogP contribution in [0.3, 0.4) is 0 Å². The molecule has 3 rings (SSSR count). The Kier molecular flexibility index (Phi) is 6.23. The summed E-state index contributed by atoms with van der Waals surface area (Å²) in [6, 6.07) is 16.0. The molecule has 0 N–H and O–H groups in total. The number of hydrogen-bond acceptors (Lipinski definition) is 4. The van der Waals surface area contributed by atoms with Crippen LogP contribution in [0.1, 0.15) is 28.4 Å². The number of hydrogen-bond donors (Lipinski definition) is 0. The lowest BCUT2D eigenvalue weighted by atomic mass is 10.1. The Morgan fingerprint density at radius 1 is 1.00 bits per heavy atom. The Bertz CT molecular complexity index is 955. The Morgan fingerprint density at radius 2 is 1.74 bits per heavy atom. The molecular formula is C22H18ClNO3. The van der Waals surface area contributed by atoms with E-state index in [-0.39, 0.29) is 0 Å². The SMILES string of the molecule is CCOc1cc(/C=C/c2ccncc2)ccc1OC(=O)c1ccccc1Cl. The first-order valence-electron chi connectivity index (χ1n) is 8.49. The number of halogens is 1. The number of pyridine rings is 1. The third-order valence-electron chi connectivity index (χ3n) is 3.74. The number of carbonyl (C=O) groups is 1. The molecule has 0 saturated heterocycles. The fourth-order valence-electron chi connectivity index (χ4n) is 2.43. The van der Waals surface area contributed by atoms with Crippen molar-refractivity contribution in [2.75, 3.05) is 6.61 Å². The molecule has 0 atom stereocenters. The topological polar surface area (TPSA) is 48.4 Å². The van der Waals surface area contributed by atoms with Crippen molar-refractivity contribution >= 4 is 29.7 Å². The molecule has 27 heavy (non-hydrogen) atoms. The second-order valence-electron chi connectivity index (χ2n) is 5.62. The van der Waals surface area contributed by atoms with Crippen molar-refractivity contribution in [2.24, 2.45) is 0 Å². The summed E-state index contributed by atoms with van der Waals surface area (Å²) in [4.78, 5) is 16.4. The van der Waals surface area contributed by atoms with Gasteiger partial charge in [-0.25, -0.2) is 4.79 Å². The van der Waals surface area contributed by atoms with Crippen LogP contribution in [0.2, 0.25) is 5.02 Å². The molecular weight excluding hydrogens is 362 g/mol. The molecule has 0 aliphatic rings. The highest BCUT2D eigenvalue weighted by atomic mass is 35.5. The summed E-state index contributed by atoms with van der Waals surface area (Å²) in [5.41, 5.74) is 2.27. The number of benzene rings is 2. The second kappa shape index (κ2) is 9.01. The van der Waals surface area contributed by atoms with Crippen LogP contribution in [0, 0.1) is 0 Å². The van der Waals surface area contributed by atoms with E-state index < -0.39 is 5.97 Å². The molecule has 0 radical (unpaired) electrons. The molecule has 2 aromatic carbocycles. The molecule has 4 nitrogen and oxygen atoms in total. The summed E-state index contributed by atoms with van der Waals surface area (Å²) >= 11 is 6.07. The second-order valence-corrected chi connectivity index (χ2v) is 6.03. The highest BCUT2D eigenvalue weighted by molar-refractivity contribution is 6.33. The predicted molar refractivity (Wildman–Crippen MR) is 107 cm³/mol. The molecule has 0 amide bonds. The van der Waals surface area contributed by atoms with E-state index in [0.29, 0.717) is 28.7 Å². The molecule has 0 saturated carbocycles. The summed E-state index contributed by atoms with van der Waals surface area (Å²) in [6.45, 7) is 2.33. The van der Waals surface area contributed by atoms with Gasteiger partial charge in [0.05, 0.1) is 17.2 Å². The lowest BCUT2D eigenvalue weighted by Crippen LogP contribution is -2.10. The van der Waals surface area contributed by atoms with Crippen molar-refractivity contribution in [3.63, 3.8) is 0 Å². The monoisotopic (exact) mass is 379 g/mol. The highest BCUT2D eigenvalue weighted by Gasteiger charge is 2.15. The minimum absolute atomic E-state index is 0.309. The van der Waals surface area contributed by atoms with Crippen molar-refractivity contribution in [1.82, 2.24) is 4.98 Å². The third kappa shape index (κ3) is 4.96. The molecule has 0 aliphatic carbocycles. The van der Waals surface area contributed by atoms with Gasteiger partial charge in [-0.3, -0.25) is 4.98 Å². The van der Waals surface area contributed by atoms with Gasteiger partial charge >= 0.3 is 5.97 Å². The standard InChI is InChI=1S/C22H18ClNO3/c1-2-26-21-15-17(8-7-16-11-13-24-14-12-16)9-10-20(21)27-22(25)18-5-3-4-6-19(18)23/h3-15H,2H2,1H3/b8-7+. The van der Waals surface area contributed by atoms with Crippen LogP contribution < -0.4 is 9.47 Å². The van der Waals surface area contributed by atoms with Gasteiger partial charge in [0.1, 0.15) is 0 Å². The minimum atomic E-state index is -0.526. The number of carbonyl (C=O) groups excluding carboxylic acids is 1. The van der Waals surface area contributed by atoms with Crippen LogP contribution in [0.4, 0.5) is 0 Å². The smallest absolute Gasteiger partial charge is 0.345 e. The Morgan fingerprint density at radius 3 is 2.48 bits per heavy atom. The van der Waals surface area contributed by atoms with Gasteiger partial charge in [0.2, 0.25) is 0 Å². The zero-order chi connectivity index (χ0) is 19.1. The van der Waals surface area contributed by atoms with Gasteiger partial charge in [-0.15, -0.1) is 0 Å². The lowest BCUT2D eigenvalue weighted by molar-refractivity contribution is 0.0728. The van der Waals surface area contributed by atoms with Crippen molar-refractivity contribution < 1.29 is 14.3 Å². The normalized spacial score (nSPS) is 10.7. The van der Waals surface area contributed by atoms with Crippen LogP contribution >= 0.6 is 11.6 Å². The maximum absolute atomic E-state index is 12.4. The van der Waals surface area contributed by atoms with Crippen LogP contribution in [-0.4, -0.2) is 17.6 Å². The average Bonchev–Trinajstić information content (AvgIpc) is 2.69. The van der Waals surface area contributed by atoms with Crippen molar-refractivity contribution in [3.8, 4) is 11.5 Å². The first-order valence-corrected chi connectivity index (χ1v) is 8.87. The van der Waals surface area contributed by atoms with Crippen molar-refractivity contribution in [1.29, 1.82) is 0 Å². The quantitative estimate of drug-likeness (QED) is 0.417. The van der Waals surface area contributed by atoms with E-state index >= 15 is 0 Å². The summed E-state index contributed by atoms with van der Waals surface area (Å²) in [5.74, 6) is 0.319. The van der Waals surface area contributed by atoms with Crippen LogP contribution in [-0.2, 0) is 0 Å². The Labute approximate surface area is 163 Å². The van der Waals surface area contributed by atoms with Crippen LogP contribution in [0.25, 0.3) is 12.2 Å². The summed E-state index contributed by atoms with van der Waals surface area (Å²) < 4.78 is 11.1. The fourth-order valence-corrected chi connectivity index (χ4v) is 2.64. The molecule has 0 unspecified atom stereocenters. The fraction of sp³-hybridized carbons (Fsp3) is 0.0909. The number of rotatable bonds is 6. The van der Waals surface area contributed by atoms with Crippen molar-refractivity contribution in [3.05, 3.63) is 88.7 Å². The zero-order valence-electron chi connectivity index (χ0n) is 14.8. The van der Waals surface area contributed by atoms with Gasteiger partial charge in [-0.05, 0) is 54.4 Å². The molecule has 1 aromatic heterocycles. The van der Waals surface area contributed by atoms with E-state index in [9.17, 15) is 4.79 Å². The Hall–Kier alpha value is -3.11. The van der Waals surface area contributed by atoms with Gasteiger partial charge in [-0.1, -0.05) is 42.0 Å².